The van der Waals surface area contributed by atoms with Crippen molar-refractivity contribution >= 4 is 66.7 Å². The maximum Gasteiger partial charge on any atom is 0.252 e. The van der Waals surface area contributed by atoms with Crippen LogP contribution in [0.15, 0.2) is 382 Å². The van der Waals surface area contributed by atoms with E-state index in [-0.39, 0.29) is 28.4 Å². The molecule has 20 aromatic rings. The average Bonchev–Trinajstić information content (AvgIpc) is 1.51. The molecule has 0 radical (unpaired) electrons. The molecular weight excluding hydrogens is 1530 g/mol. The summed E-state index contributed by atoms with van der Waals surface area (Å²) in [5.74, 6) is 0.604. The lowest BCUT2D eigenvalue weighted by atomic mass is 9.34. The molecule has 17 aromatic carbocycles. The largest absolute Gasteiger partial charge is 0.310 e. The highest BCUT2D eigenvalue weighted by atomic mass is 15.0. The fourth-order valence-electron chi connectivity index (χ4n) is 20.1. The van der Waals surface area contributed by atoms with Gasteiger partial charge in [-0.05, 0) is 250 Å². The molecule has 0 saturated heterocycles. The van der Waals surface area contributed by atoms with Gasteiger partial charge in [-0.25, -0.2) is 9.97 Å². The first-order valence-electron chi connectivity index (χ1n) is 44.9. The van der Waals surface area contributed by atoms with Crippen LogP contribution in [0.1, 0.15) is 105 Å². The maximum atomic E-state index is 6.18. The highest BCUT2D eigenvalue weighted by Crippen LogP contribution is 2.53. The summed E-state index contributed by atoms with van der Waals surface area (Å²) in [4.78, 5) is 12.4. The topological polar surface area (TPSA) is 35.6 Å². The molecule has 5 heteroatoms. The van der Waals surface area contributed by atoms with Crippen LogP contribution in [0.25, 0.3) is 200 Å². The Bertz CT molecular complexity index is 7140. The molecule has 0 aliphatic carbocycles. The fourth-order valence-corrected chi connectivity index (χ4v) is 20.1. The molecule has 3 aromatic heterocycles. The third kappa shape index (κ3) is 13.8. The third-order valence-electron chi connectivity index (χ3n) is 26.8. The summed E-state index contributed by atoms with van der Waals surface area (Å²) in [5, 5.41) is 4.85. The van der Waals surface area contributed by atoms with Crippen molar-refractivity contribution in [2.75, 3.05) is 0 Å². The lowest BCUT2D eigenvalue weighted by Crippen LogP contribution is -2.59. The van der Waals surface area contributed by atoms with Crippen molar-refractivity contribution in [2.45, 2.75) is 105 Å². The molecule has 2 aliphatic rings. The standard InChI is InChI=1S/C122H99BN4/c1-119(2,3)95-63-90(64-96(73-95)120(4,5)6)99-53-55-103-116-113(99)111-101(82-49-33-19-34-50-82)67-88(80-45-29-17-30-46-80)69-107(111)126(116)109-71-94(118-124-105(92-59-84(76-37-21-13-22-38-76)57-85(60-92)77-39-23-14-24-40-77)75-106(125-118)93-61-86(78-41-25-15-26-42-78)58-87(62-93)79-43-27-16-28-44-79)72-110-115(109)123(103)104-56-54-100(91-65-97(121(7,8)9)74-98(66-91)122(10,11)12)114-112-102(83-51-35-20-36-52-83)68-89(81-47-31-18-32-48-81)70-108(112)127(110)117(104)114/h13-75H,1-12H3. The Kier molecular flexibility index (Phi) is 18.6. The Balaban J connectivity index is 0.949. The van der Waals surface area contributed by atoms with E-state index in [1.54, 1.807) is 0 Å². The Hall–Kier alpha value is -14.5. The summed E-state index contributed by atoms with van der Waals surface area (Å²) in [6.45, 7) is 28.1. The van der Waals surface area contributed by atoms with E-state index in [4.69, 9.17) is 9.97 Å². The van der Waals surface area contributed by atoms with Crippen molar-refractivity contribution in [2.24, 2.45) is 0 Å². The monoisotopic (exact) mass is 1630 g/mol. The zero-order valence-corrected chi connectivity index (χ0v) is 74.2. The van der Waals surface area contributed by atoms with Gasteiger partial charge >= 0.3 is 0 Å². The van der Waals surface area contributed by atoms with Crippen molar-refractivity contribution in [3.63, 3.8) is 0 Å². The quantitative estimate of drug-likeness (QED) is 0.108. The molecule has 0 unspecified atom stereocenters. The van der Waals surface area contributed by atoms with E-state index in [2.05, 4.69) is 474 Å². The van der Waals surface area contributed by atoms with E-state index in [9.17, 15) is 0 Å². The van der Waals surface area contributed by atoms with E-state index in [1.165, 1.54) is 105 Å². The lowest BCUT2D eigenvalue weighted by Gasteiger charge is -2.34. The van der Waals surface area contributed by atoms with Crippen molar-refractivity contribution in [1.82, 2.24) is 19.1 Å². The van der Waals surface area contributed by atoms with Crippen LogP contribution in [0.2, 0.25) is 0 Å². The summed E-state index contributed by atoms with van der Waals surface area (Å²) in [6, 6.07) is 144. The second-order valence-corrected chi connectivity index (χ2v) is 39.3. The van der Waals surface area contributed by atoms with Crippen molar-refractivity contribution in [3.05, 3.63) is 404 Å². The molecule has 0 spiro atoms. The van der Waals surface area contributed by atoms with Gasteiger partial charge in [0.1, 0.15) is 0 Å². The second-order valence-electron chi connectivity index (χ2n) is 39.3. The molecular formula is C122H99BN4. The van der Waals surface area contributed by atoms with Crippen LogP contribution in [0, 0.1) is 0 Å². The minimum Gasteiger partial charge on any atom is -0.310 e. The van der Waals surface area contributed by atoms with Gasteiger partial charge in [0, 0.05) is 49.6 Å². The number of nitrogens with zero attached hydrogens (tertiary/aromatic N) is 4. The number of fused-ring (bicyclic) bond motifs is 10. The van der Waals surface area contributed by atoms with Gasteiger partial charge in [0.05, 0.1) is 33.5 Å². The highest BCUT2D eigenvalue weighted by Gasteiger charge is 2.44. The molecule has 0 saturated carbocycles. The van der Waals surface area contributed by atoms with E-state index in [1.807, 2.05) is 0 Å². The second kappa shape index (κ2) is 30.1. The van der Waals surface area contributed by atoms with Crippen LogP contribution < -0.4 is 16.4 Å². The highest BCUT2D eigenvalue weighted by molar-refractivity contribution is 7.00. The predicted molar refractivity (Wildman–Crippen MR) is 541 cm³/mol. The third-order valence-corrected chi connectivity index (χ3v) is 26.8. The molecule has 22 rings (SSSR count). The number of hydrogen-bond donors (Lipinski definition) is 0. The van der Waals surface area contributed by atoms with E-state index in [0.717, 1.165) is 128 Å². The Morgan fingerprint density at radius 2 is 0.472 bits per heavy atom. The van der Waals surface area contributed by atoms with E-state index < -0.39 is 0 Å². The first kappa shape index (κ1) is 78.5. The van der Waals surface area contributed by atoms with E-state index >= 15 is 0 Å². The molecule has 0 amide bonds. The average molecular weight is 1630 g/mol. The van der Waals surface area contributed by atoms with E-state index in [0.29, 0.717) is 5.82 Å². The summed E-state index contributed by atoms with van der Waals surface area (Å²) in [5.41, 5.74) is 42.4. The van der Waals surface area contributed by atoms with Crippen molar-refractivity contribution in [3.8, 4) is 157 Å². The van der Waals surface area contributed by atoms with Gasteiger partial charge < -0.3 is 9.13 Å². The molecule has 0 bridgehead atoms. The molecule has 0 atom stereocenters. The van der Waals surface area contributed by atoms with Gasteiger partial charge in [-0.3, -0.25) is 0 Å². The molecule has 610 valence electrons. The fraction of sp³-hybridized carbons (Fsp3) is 0.131. The SMILES string of the molecule is CC(C)(C)c1cc(-c2ccc3c4c2c2c(-c5ccccc5)cc(-c5ccccc5)cc2n4-c2cc(-c4nc(-c5cc(-c6ccccc6)cc(-c6ccccc6)c5)cc(-c5cc(-c6ccccc6)cc(-c6ccccc6)c5)n4)cc4c2B3c2ccc(-c3cc(C(C)(C)C)cc(C(C)(C)C)c3)c3c5c(-c6ccccc6)cc(-c6ccccc6)cc5n-4c23)cc(C(C)(C)C)c1. The van der Waals surface area contributed by atoms with Crippen molar-refractivity contribution < 1.29 is 0 Å². The predicted octanol–water partition coefficient (Wildman–Crippen LogP) is 30.7. The molecule has 5 heterocycles. The van der Waals surface area contributed by atoms with Gasteiger partial charge in [-0.2, -0.15) is 0 Å². The van der Waals surface area contributed by atoms with Crippen LogP contribution in [0.5, 0.6) is 0 Å². The lowest BCUT2D eigenvalue weighted by molar-refractivity contribution is 0.568. The number of aromatic nitrogens is 4. The molecule has 4 nitrogen and oxygen atoms in total. The minimum absolute atomic E-state index is 0.161. The minimum atomic E-state index is -0.294. The van der Waals surface area contributed by atoms with Gasteiger partial charge in [-0.1, -0.05) is 386 Å². The van der Waals surface area contributed by atoms with Crippen LogP contribution >= 0.6 is 0 Å². The van der Waals surface area contributed by atoms with Crippen LogP contribution in [0.3, 0.4) is 0 Å². The smallest absolute Gasteiger partial charge is 0.252 e. The summed E-state index contributed by atoms with van der Waals surface area (Å²) in [6.07, 6.45) is 0. The Morgan fingerprint density at radius 3 is 0.756 bits per heavy atom. The number of rotatable bonds is 13. The van der Waals surface area contributed by atoms with Crippen LogP contribution in [-0.4, -0.2) is 25.8 Å². The summed E-state index contributed by atoms with van der Waals surface area (Å²) in [7, 11) is 0. The first-order chi connectivity index (χ1) is 61.5. The summed E-state index contributed by atoms with van der Waals surface area (Å²) >= 11 is 0. The van der Waals surface area contributed by atoms with Gasteiger partial charge in [0.15, 0.2) is 5.82 Å². The molecule has 127 heavy (non-hydrogen) atoms. The number of benzene rings is 17. The molecule has 0 N–H and O–H groups in total. The number of hydrogen-bond acceptors (Lipinski definition) is 2. The Morgan fingerprint density at radius 1 is 0.205 bits per heavy atom. The first-order valence-corrected chi connectivity index (χ1v) is 44.9. The van der Waals surface area contributed by atoms with Gasteiger partial charge in [0.25, 0.3) is 6.71 Å². The Labute approximate surface area is 746 Å². The molecule has 2 aliphatic heterocycles. The summed E-state index contributed by atoms with van der Waals surface area (Å²) < 4.78 is 5.43. The van der Waals surface area contributed by atoms with Gasteiger partial charge in [0.2, 0.25) is 0 Å². The van der Waals surface area contributed by atoms with Crippen LogP contribution in [0.4, 0.5) is 0 Å². The zero-order chi connectivity index (χ0) is 86.5. The maximum absolute atomic E-state index is 6.18. The van der Waals surface area contributed by atoms with Crippen LogP contribution in [-0.2, 0) is 21.7 Å². The normalized spacial score (nSPS) is 12.6. The zero-order valence-electron chi connectivity index (χ0n) is 74.2. The van der Waals surface area contributed by atoms with Crippen molar-refractivity contribution in [1.29, 1.82) is 0 Å². The van der Waals surface area contributed by atoms with Gasteiger partial charge in [-0.15, -0.1) is 0 Å². The molecule has 0 fully saturated rings.